The molecule has 1 aliphatic carbocycles. The maximum absolute atomic E-state index is 5.07. The molecule has 0 bridgehead atoms. The Kier molecular flexibility index (Phi) is 5.29. The molecule has 1 saturated carbocycles. The van der Waals surface area contributed by atoms with Crippen LogP contribution in [0.15, 0.2) is 54.7 Å². The zero-order valence-corrected chi connectivity index (χ0v) is 20.0. The molecule has 4 heterocycles. The zero-order chi connectivity index (χ0) is 23.2. The summed E-state index contributed by atoms with van der Waals surface area (Å²) in [5, 5.41) is 7.09. The van der Waals surface area contributed by atoms with Crippen molar-refractivity contribution in [3.63, 3.8) is 0 Å². The number of nitrogens with one attached hydrogen (secondary N) is 4. The summed E-state index contributed by atoms with van der Waals surface area (Å²) in [4.78, 5) is 16.9. The fraction of sp³-hybridized carbons (Fsp3) is 0.379. The van der Waals surface area contributed by atoms with Crippen molar-refractivity contribution in [3.8, 4) is 33.6 Å². The number of aromatic amines is 2. The van der Waals surface area contributed by atoms with Gasteiger partial charge in [0.05, 0.1) is 29.7 Å². The first-order valence-electron chi connectivity index (χ1n) is 13.1. The SMILES string of the molecule is c1cc(-c2cnc([C@@H]3CCCN3)[nH]2)ccc1-c1ccc(-c2nc([C@@H]3CCCN3)[nH]c2C2CC2)cc1. The van der Waals surface area contributed by atoms with E-state index in [1.54, 1.807) is 0 Å². The summed E-state index contributed by atoms with van der Waals surface area (Å²) in [5.74, 6) is 2.81. The van der Waals surface area contributed by atoms with Gasteiger partial charge in [0.1, 0.15) is 11.6 Å². The molecule has 3 fully saturated rings. The molecule has 178 valence electrons. The third kappa shape index (κ3) is 4.11. The Morgan fingerprint density at radius 1 is 0.629 bits per heavy atom. The molecule has 7 rings (SSSR count). The molecule has 2 aliphatic heterocycles. The van der Waals surface area contributed by atoms with E-state index in [-0.39, 0.29) is 0 Å². The topological polar surface area (TPSA) is 81.4 Å². The molecular formula is C29H32N6. The molecule has 35 heavy (non-hydrogen) atoms. The van der Waals surface area contributed by atoms with E-state index in [0.29, 0.717) is 18.0 Å². The summed E-state index contributed by atoms with van der Waals surface area (Å²) in [6.45, 7) is 2.17. The third-order valence-corrected chi connectivity index (χ3v) is 7.80. The summed E-state index contributed by atoms with van der Waals surface area (Å²) in [5.41, 5.74) is 8.37. The van der Waals surface area contributed by atoms with Gasteiger partial charge in [-0.1, -0.05) is 48.5 Å². The van der Waals surface area contributed by atoms with Crippen LogP contribution in [-0.2, 0) is 0 Å². The monoisotopic (exact) mass is 464 g/mol. The fourth-order valence-electron chi connectivity index (χ4n) is 5.62. The molecule has 6 nitrogen and oxygen atoms in total. The van der Waals surface area contributed by atoms with Crippen LogP contribution in [0, 0.1) is 0 Å². The quantitative estimate of drug-likeness (QED) is 0.288. The predicted molar refractivity (Wildman–Crippen MR) is 139 cm³/mol. The van der Waals surface area contributed by atoms with Gasteiger partial charge in [-0.2, -0.15) is 0 Å². The van der Waals surface area contributed by atoms with Crippen molar-refractivity contribution in [2.75, 3.05) is 13.1 Å². The highest BCUT2D eigenvalue weighted by atomic mass is 15.1. The van der Waals surface area contributed by atoms with Crippen molar-refractivity contribution in [2.24, 2.45) is 0 Å². The Hall–Kier alpha value is -3.22. The van der Waals surface area contributed by atoms with Gasteiger partial charge in [0, 0.05) is 17.2 Å². The average molecular weight is 465 g/mol. The molecule has 2 atom stereocenters. The molecule has 0 unspecified atom stereocenters. The van der Waals surface area contributed by atoms with E-state index < -0.39 is 0 Å². The van der Waals surface area contributed by atoms with Crippen LogP contribution in [0.1, 0.15) is 73.9 Å². The standard InChI is InChI=1S/C29H32N6/c1-3-23(30-15-1)28-32-17-25(33-28)20-9-5-18(6-10-20)19-7-11-21(12-8-19)26-27(22-13-14-22)35-29(34-26)24-4-2-16-31-24/h5-12,17,22-24,30-31H,1-4,13-16H2,(H,32,33)(H,34,35)/t23-,24-/m0/s1. The maximum Gasteiger partial charge on any atom is 0.124 e. The van der Waals surface area contributed by atoms with Crippen LogP contribution < -0.4 is 10.6 Å². The number of benzene rings is 2. The van der Waals surface area contributed by atoms with E-state index in [1.165, 1.54) is 60.1 Å². The number of rotatable bonds is 6. The number of nitrogens with zero attached hydrogens (tertiary/aromatic N) is 2. The van der Waals surface area contributed by atoms with Crippen LogP contribution in [0.5, 0.6) is 0 Å². The van der Waals surface area contributed by atoms with Gasteiger partial charge < -0.3 is 20.6 Å². The Balaban J connectivity index is 1.11. The first kappa shape index (κ1) is 21.1. The highest BCUT2D eigenvalue weighted by Gasteiger charge is 2.31. The number of aromatic nitrogens is 4. The lowest BCUT2D eigenvalue weighted by atomic mass is 10.00. The van der Waals surface area contributed by atoms with Crippen LogP contribution >= 0.6 is 0 Å². The molecule has 3 aliphatic rings. The van der Waals surface area contributed by atoms with Crippen molar-refractivity contribution in [3.05, 3.63) is 72.1 Å². The molecule has 0 spiro atoms. The summed E-state index contributed by atoms with van der Waals surface area (Å²) in [7, 11) is 0. The minimum atomic E-state index is 0.363. The van der Waals surface area contributed by atoms with Gasteiger partial charge in [0.2, 0.25) is 0 Å². The molecule has 4 aromatic rings. The molecule has 0 radical (unpaired) electrons. The first-order valence-corrected chi connectivity index (χ1v) is 13.1. The molecule has 2 saturated heterocycles. The minimum absolute atomic E-state index is 0.363. The van der Waals surface area contributed by atoms with Crippen molar-refractivity contribution in [1.82, 2.24) is 30.6 Å². The van der Waals surface area contributed by atoms with E-state index >= 15 is 0 Å². The summed E-state index contributed by atoms with van der Waals surface area (Å²) in [6, 6.07) is 18.4. The van der Waals surface area contributed by atoms with E-state index in [0.717, 1.165) is 42.5 Å². The molecular weight excluding hydrogens is 432 g/mol. The lowest BCUT2D eigenvalue weighted by Gasteiger charge is -2.07. The third-order valence-electron chi connectivity index (χ3n) is 7.80. The van der Waals surface area contributed by atoms with Gasteiger partial charge in [-0.15, -0.1) is 0 Å². The number of H-pyrrole nitrogens is 2. The van der Waals surface area contributed by atoms with Gasteiger partial charge in [-0.05, 0) is 68.3 Å². The van der Waals surface area contributed by atoms with Crippen LogP contribution in [0.25, 0.3) is 33.6 Å². The highest BCUT2D eigenvalue weighted by Crippen LogP contribution is 2.44. The smallest absolute Gasteiger partial charge is 0.124 e. The Morgan fingerprint density at radius 3 is 1.83 bits per heavy atom. The van der Waals surface area contributed by atoms with Crippen LogP contribution in [0.3, 0.4) is 0 Å². The van der Waals surface area contributed by atoms with Crippen LogP contribution in [-0.4, -0.2) is 33.0 Å². The number of hydrogen-bond donors (Lipinski definition) is 4. The second-order valence-electron chi connectivity index (χ2n) is 10.3. The van der Waals surface area contributed by atoms with Crippen molar-refractivity contribution in [1.29, 1.82) is 0 Å². The maximum atomic E-state index is 5.07. The summed E-state index contributed by atoms with van der Waals surface area (Å²) < 4.78 is 0. The molecule has 0 amide bonds. The van der Waals surface area contributed by atoms with E-state index in [9.17, 15) is 0 Å². The second-order valence-corrected chi connectivity index (χ2v) is 10.3. The van der Waals surface area contributed by atoms with Crippen LogP contribution in [0.4, 0.5) is 0 Å². The Bertz CT molecular complexity index is 1300. The highest BCUT2D eigenvalue weighted by molar-refractivity contribution is 5.72. The van der Waals surface area contributed by atoms with Gasteiger partial charge in [0.15, 0.2) is 0 Å². The van der Waals surface area contributed by atoms with E-state index in [4.69, 9.17) is 4.98 Å². The zero-order valence-electron chi connectivity index (χ0n) is 20.0. The molecule has 4 N–H and O–H groups in total. The predicted octanol–water partition coefficient (Wildman–Crippen LogP) is 5.86. The van der Waals surface area contributed by atoms with Crippen molar-refractivity contribution < 1.29 is 0 Å². The number of hydrogen-bond acceptors (Lipinski definition) is 4. The number of imidazole rings is 2. The lowest BCUT2D eigenvalue weighted by Crippen LogP contribution is -2.14. The molecule has 2 aromatic carbocycles. The fourth-order valence-corrected chi connectivity index (χ4v) is 5.62. The largest absolute Gasteiger partial charge is 0.344 e. The van der Waals surface area contributed by atoms with E-state index in [1.807, 2.05) is 6.20 Å². The summed E-state index contributed by atoms with van der Waals surface area (Å²) in [6.07, 6.45) is 9.26. The average Bonchev–Trinajstić information content (AvgIpc) is 3.44. The minimum Gasteiger partial charge on any atom is -0.344 e. The Labute approximate surface area is 206 Å². The van der Waals surface area contributed by atoms with Crippen LogP contribution in [0.2, 0.25) is 0 Å². The lowest BCUT2D eigenvalue weighted by molar-refractivity contribution is 0.611. The van der Waals surface area contributed by atoms with Gasteiger partial charge in [-0.25, -0.2) is 9.97 Å². The first-order chi connectivity index (χ1) is 17.3. The van der Waals surface area contributed by atoms with Gasteiger partial charge in [-0.3, -0.25) is 0 Å². The summed E-state index contributed by atoms with van der Waals surface area (Å²) >= 11 is 0. The van der Waals surface area contributed by atoms with Crippen molar-refractivity contribution >= 4 is 0 Å². The normalized spacial score (nSPS) is 22.2. The van der Waals surface area contributed by atoms with Gasteiger partial charge in [0.25, 0.3) is 0 Å². The van der Waals surface area contributed by atoms with E-state index in [2.05, 4.69) is 74.1 Å². The van der Waals surface area contributed by atoms with Crippen molar-refractivity contribution in [2.45, 2.75) is 56.5 Å². The molecule has 2 aromatic heterocycles. The van der Waals surface area contributed by atoms with Gasteiger partial charge >= 0.3 is 0 Å². The molecule has 6 heteroatoms. The Morgan fingerprint density at radius 2 is 1.23 bits per heavy atom. The second kappa shape index (κ2) is 8.77.